The van der Waals surface area contributed by atoms with Gasteiger partial charge in [0.15, 0.2) is 0 Å². The first-order valence-electron chi connectivity index (χ1n) is 5.68. The molecule has 2 heterocycles. The fourth-order valence-corrected chi connectivity index (χ4v) is 3.06. The third-order valence-electron chi connectivity index (χ3n) is 3.38. The Morgan fingerprint density at radius 1 is 1.42 bits per heavy atom. The van der Waals surface area contributed by atoms with E-state index in [2.05, 4.69) is 5.32 Å². The van der Waals surface area contributed by atoms with Crippen molar-refractivity contribution in [1.82, 2.24) is 9.88 Å². The Balaban J connectivity index is 2.22. The van der Waals surface area contributed by atoms with Crippen LogP contribution in [0, 0.1) is 0 Å². The van der Waals surface area contributed by atoms with E-state index < -0.39 is 6.09 Å². The van der Waals surface area contributed by atoms with Gasteiger partial charge in [-0.2, -0.15) is 0 Å². The number of phenolic OH excluding ortho intramolecular Hbond substituents is 1. The number of halogens is 2. The van der Waals surface area contributed by atoms with Crippen LogP contribution in [-0.2, 0) is 6.54 Å². The van der Waals surface area contributed by atoms with E-state index in [0.29, 0.717) is 28.9 Å². The highest BCUT2D eigenvalue weighted by molar-refractivity contribution is 6.45. The van der Waals surface area contributed by atoms with Gasteiger partial charge >= 0.3 is 6.09 Å². The molecule has 1 aliphatic rings. The zero-order valence-corrected chi connectivity index (χ0v) is 11.2. The molecule has 1 amide bonds. The quantitative estimate of drug-likeness (QED) is 0.756. The maximum atomic E-state index is 10.8. The third kappa shape index (κ3) is 1.81. The van der Waals surface area contributed by atoms with E-state index in [0.717, 1.165) is 5.69 Å². The molecule has 0 fully saturated rings. The summed E-state index contributed by atoms with van der Waals surface area (Å²) in [7, 11) is 0. The van der Waals surface area contributed by atoms with Crippen molar-refractivity contribution >= 4 is 40.2 Å². The summed E-state index contributed by atoms with van der Waals surface area (Å²) in [6, 6.07) is 2.85. The maximum absolute atomic E-state index is 10.8. The molecule has 0 bridgehead atoms. The van der Waals surface area contributed by atoms with Gasteiger partial charge in [-0.15, -0.1) is 0 Å². The average Bonchev–Trinajstić information content (AvgIpc) is 2.86. The van der Waals surface area contributed by atoms with Gasteiger partial charge in [0.2, 0.25) is 0 Å². The summed E-state index contributed by atoms with van der Waals surface area (Å²) in [6.45, 7) is 0.628. The number of phenols is 1. The molecule has 19 heavy (non-hydrogen) atoms. The van der Waals surface area contributed by atoms with Gasteiger partial charge in [0.05, 0.1) is 21.6 Å². The van der Waals surface area contributed by atoms with Gasteiger partial charge in [0, 0.05) is 23.7 Å². The molecule has 3 N–H and O–H groups in total. The molecular weight excluding hydrogens is 291 g/mol. The largest absolute Gasteiger partial charge is 0.507 e. The van der Waals surface area contributed by atoms with Crippen molar-refractivity contribution in [3.8, 4) is 5.75 Å². The van der Waals surface area contributed by atoms with Crippen molar-refractivity contribution in [1.29, 1.82) is 0 Å². The Labute approximate surface area is 118 Å². The van der Waals surface area contributed by atoms with E-state index >= 15 is 0 Å². The van der Waals surface area contributed by atoms with Crippen LogP contribution in [0.5, 0.6) is 5.75 Å². The van der Waals surface area contributed by atoms with Crippen molar-refractivity contribution in [3.05, 3.63) is 27.9 Å². The maximum Gasteiger partial charge on any atom is 0.405 e. The number of hydrogen-bond acceptors (Lipinski definition) is 2. The molecule has 2 aromatic rings. The lowest BCUT2D eigenvalue weighted by Gasteiger charge is -2.07. The minimum Gasteiger partial charge on any atom is -0.507 e. The van der Waals surface area contributed by atoms with Crippen molar-refractivity contribution in [2.75, 3.05) is 0 Å². The molecule has 1 atom stereocenters. The summed E-state index contributed by atoms with van der Waals surface area (Å²) in [4.78, 5) is 10.8. The second kappa shape index (κ2) is 4.21. The van der Waals surface area contributed by atoms with Gasteiger partial charge in [-0.25, -0.2) is 4.79 Å². The van der Waals surface area contributed by atoms with Gasteiger partial charge < -0.3 is 20.1 Å². The minimum absolute atomic E-state index is 0.0420. The number of aromatic hydroxyl groups is 1. The van der Waals surface area contributed by atoms with E-state index in [1.165, 1.54) is 6.07 Å². The second-order valence-corrected chi connectivity index (χ2v) is 5.25. The van der Waals surface area contributed by atoms with Crippen LogP contribution in [0.3, 0.4) is 0 Å². The highest BCUT2D eigenvalue weighted by Gasteiger charge is 2.28. The number of hydrogen-bond donors (Lipinski definition) is 3. The standard InChI is InChI=1S/C12H10Cl2N2O3/c13-6-4-9(17)5-3-8-7(15-12(18)19)1-2-16(8)11(5)10(6)14/h3-4,7,15,17H,1-2H2,(H,18,19)/t7-/m0/s1. The molecule has 100 valence electrons. The Hall–Kier alpha value is -1.59. The van der Waals surface area contributed by atoms with Crippen LogP contribution in [0.1, 0.15) is 18.2 Å². The molecule has 7 heteroatoms. The van der Waals surface area contributed by atoms with Gasteiger partial charge in [0.1, 0.15) is 5.75 Å². The van der Waals surface area contributed by atoms with Crippen molar-refractivity contribution in [3.63, 3.8) is 0 Å². The summed E-state index contributed by atoms with van der Waals surface area (Å²) in [5.74, 6) is 0.0420. The van der Waals surface area contributed by atoms with Gasteiger partial charge in [-0.05, 0) is 12.5 Å². The smallest absolute Gasteiger partial charge is 0.405 e. The Kier molecular flexibility index (Phi) is 2.76. The minimum atomic E-state index is -1.07. The lowest BCUT2D eigenvalue weighted by molar-refractivity contribution is 0.190. The van der Waals surface area contributed by atoms with Gasteiger partial charge in [-0.1, -0.05) is 23.2 Å². The van der Waals surface area contributed by atoms with Crippen molar-refractivity contribution in [2.24, 2.45) is 0 Å². The molecule has 0 saturated carbocycles. The number of nitrogens with one attached hydrogen (secondary N) is 1. The SMILES string of the molecule is O=C(O)N[C@H]1CCn2c1cc1c(O)cc(Cl)c(Cl)c12. The molecule has 0 spiro atoms. The number of aromatic nitrogens is 1. The molecule has 1 aromatic heterocycles. The fraction of sp³-hybridized carbons (Fsp3) is 0.250. The first kappa shape index (κ1) is 12.4. The molecule has 0 radical (unpaired) electrons. The second-order valence-electron chi connectivity index (χ2n) is 4.47. The van der Waals surface area contributed by atoms with E-state index in [1.807, 2.05) is 4.57 Å². The summed E-state index contributed by atoms with van der Waals surface area (Å²) < 4.78 is 1.89. The highest BCUT2D eigenvalue weighted by atomic mass is 35.5. The molecule has 0 saturated heterocycles. The Morgan fingerprint density at radius 2 is 2.16 bits per heavy atom. The number of rotatable bonds is 1. The predicted molar refractivity (Wildman–Crippen MR) is 72.1 cm³/mol. The number of aryl methyl sites for hydroxylation is 1. The normalized spacial score (nSPS) is 17.7. The lowest BCUT2D eigenvalue weighted by Crippen LogP contribution is -2.24. The van der Waals surface area contributed by atoms with Crippen LogP contribution >= 0.6 is 23.2 Å². The molecule has 5 nitrogen and oxygen atoms in total. The van der Waals surface area contributed by atoms with Crippen LogP contribution in [-0.4, -0.2) is 20.9 Å². The molecule has 1 aliphatic heterocycles. The van der Waals surface area contributed by atoms with E-state index in [4.69, 9.17) is 28.3 Å². The summed E-state index contributed by atoms with van der Waals surface area (Å²) in [6.07, 6.45) is -0.418. The van der Waals surface area contributed by atoms with E-state index in [-0.39, 0.29) is 16.8 Å². The number of carbonyl (C=O) groups is 1. The summed E-state index contributed by atoms with van der Waals surface area (Å²) in [5, 5.41) is 22.4. The van der Waals surface area contributed by atoms with Crippen LogP contribution < -0.4 is 5.32 Å². The van der Waals surface area contributed by atoms with E-state index in [9.17, 15) is 9.90 Å². The van der Waals surface area contributed by atoms with Crippen LogP contribution in [0.25, 0.3) is 10.9 Å². The monoisotopic (exact) mass is 300 g/mol. The van der Waals surface area contributed by atoms with Gasteiger partial charge in [-0.3, -0.25) is 0 Å². The Morgan fingerprint density at radius 3 is 2.84 bits per heavy atom. The van der Waals surface area contributed by atoms with Crippen molar-refractivity contribution < 1.29 is 15.0 Å². The number of amides is 1. The fourth-order valence-electron chi connectivity index (χ4n) is 2.61. The lowest BCUT2D eigenvalue weighted by atomic mass is 10.1. The molecule has 3 rings (SSSR count). The predicted octanol–water partition coefficient (Wildman–Crippen LogP) is 3.37. The van der Waals surface area contributed by atoms with Crippen LogP contribution in [0.2, 0.25) is 10.0 Å². The first-order chi connectivity index (χ1) is 8.99. The van der Waals surface area contributed by atoms with E-state index in [1.54, 1.807) is 6.07 Å². The summed E-state index contributed by atoms with van der Waals surface area (Å²) in [5.41, 5.74) is 1.44. The number of carboxylic acid groups (broad SMARTS) is 1. The third-order valence-corrected chi connectivity index (χ3v) is 4.16. The number of nitrogens with zero attached hydrogens (tertiary/aromatic N) is 1. The summed E-state index contributed by atoms with van der Waals surface area (Å²) >= 11 is 12.1. The zero-order chi connectivity index (χ0) is 13.7. The van der Waals surface area contributed by atoms with Crippen LogP contribution in [0.15, 0.2) is 12.1 Å². The topological polar surface area (TPSA) is 74.5 Å². The van der Waals surface area contributed by atoms with Crippen molar-refractivity contribution in [2.45, 2.75) is 19.0 Å². The van der Waals surface area contributed by atoms with Crippen LogP contribution in [0.4, 0.5) is 4.79 Å². The zero-order valence-electron chi connectivity index (χ0n) is 9.65. The van der Waals surface area contributed by atoms with Gasteiger partial charge in [0.25, 0.3) is 0 Å². The highest BCUT2D eigenvalue weighted by Crippen LogP contribution is 2.42. The first-order valence-corrected chi connectivity index (χ1v) is 6.44. The molecule has 1 aromatic carbocycles. The molecular formula is C12H10Cl2N2O3. The number of benzene rings is 1. The molecule has 0 unspecified atom stereocenters. The number of fused-ring (bicyclic) bond motifs is 3. The molecule has 0 aliphatic carbocycles. The Bertz CT molecular complexity index is 696. The average molecular weight is 301 g/mol.